The average Bonchev–Trinajstić information content (AvgIpc) is 3.58. The topological polar surface area (TPSA) is 163 Å². The standard InChI is InChI=1S/C30H35ClN2O10/c1-16(29(37)38)7-25(35)32-12-18-9-22(34)23(10-19(18)13-32)42-5-4-6-43-28-24(41-3)11-20-14-33(15-21(20)27(28)31)26(36)8-17(2)30(39)40/h9-11,16-17,34H,4-8,12-15H2,1-3H3,(H,37,38)(H,39,40)/t16-,17-/m0/s1. The lowest BCUT2D eigenvalue weighted by molar-refractivity contribution is -0.145. The molecule has 232 valence electrons. The number of phenolic OH excluding ortho intramolecular Hbond substituents is 1. The van der Waals surface area contributed by atoms with Gasteiger partial charge in [-0.25, -0.2) is 0 Å². The molecule has 0 spiro atoms. The Labute approximate surface area is 253 Å². The molecule has 2 heterocycles. The first-order valence-corrected chi connectivity index (χ1v) is 14.3. The van der Waals surface area contributed by atoms with Crippen LogP contribution in [-0.4, -0.2) is 69.2 Å². The van der Waals surface area contributed by atoms with Crippen LogP contribution < -0.4 is 14.2 Å². The van der Waals surface area contributed by atoms with Crippen LogP contribution in [0.5, 0.6) is 23.0 Å². The second-order valence-corrected chi connectivity index (χ2v) is 11.3. The van der Waals surface area contributed by atoms with Crippen molar-refractivity contribution in [2.24, 2.45) is 11.8 Å². The van der Waals surface area contributed by atoms with E-state index in [9.17, 15) is 24.3 Å². The number of rotatable bonds is 13. The van der Waals surface area contributed by atoms with Crippen molar-refractivity contribution in [1.29, 1.82) is 0 Å². The van der Waals surface area contributed by atoms with Crippen LogP contribution in [0, 0.1) is 11.8 Å². The highest BCUT2D eigenvalue weighted by Crippen LogP contribution is 2.43. The van der Waals surface area contributed by atoms with Crippen molar-refractivity contribution >= 4 is 35.4 Å². The molecule has 2 aliphatic heterocycles. The maximum atomic E-state index is 12.6. The number of nitrogens with zero attached hydrogens (tertiary/aromatic N) is 2. The number of carboxylic acid groups (broad SMARTS) is 2. The van der Waals surface area contributed by atoms with Crippen LogP contribution in [0.3, 0.4) is 0 Å². The first-order valence-electron chi connectivity index (χ1n) is 13.9. The SMILES string of the molecule is COc1cc2c(c(Cl)c1OCCCOc1cc3c(cc1O)CN(C(=O)C[C@H](C)C(=O)O)C3)CN(C(=O)C[C@H](C)C(=O)O)C2. The minimum absolute atomic E-state index is 0.0620. The number of amides is 2. The van der Waals surface area contributed by atoms with Crippen molar-refractivity contribution in [3.05, 3.63) is 45.5 Å². The van der Waals surface area contributed by atoms with E-state index in [4.69, 9.17) is 36.0 Å². The number of methoxy groups -OCH3 is 1. The number of fused-ring (bicyclic) bond motifs is 2. The molecule has 0 fully saturated rings. The summed E-state index contributed by atoms with van der Waals surface area (Å²) in [4.78, 5) is 50.5. The van der Waals surface area contributed by atoms with E-state index in [0.29, 0.717) is 42.6 Å². The van der Waals surface area contributed by atoms with Crippen molar-refractivity contribution < 1.29 is 48.7 Å². The quantitative estimate of drug-likeness (QED) is 0.281. The van der Waals surface area contributed by atoms with Crippen LogP contribution in [0.15, 0.2) is 18.2 Å². The minimum Gasteiger partial charge on any atom is -0.504 e. The van der Waals surface area contributed by atoms with Crippen LogP contribution >= 0.6 is 11.6 Å². The molecule has 43 heavy (non-hydrogen) atoms. The first kappa shape index (κ1) is 31.7. The van der Waals surface area contributed by atoms with Crippen LogP contribution in [0.4, 0.5) is 0 Å². The van der Waals surface area contributed by atoms with Crippen molar-refractivity contribution in [1.82, 2.24) is 9.80 Å². The number of carboxylic acids is 2. The van der Waals surface area contributed by atoms with Gasteiger partial charge in [0.1, 0.15) is 0 Å². The summed E-state index contributed by atoms with van der Waals surface area (Å²) in [6, 6.07) is 5.00. The summed E-state index contributed by atoms with van der Waals surface area (Å²) in [6.45, 7) is 4.53. The molecule has 0 saturated carbocycles. The van der Waals surface area contributed by atoms with E-state index >= 15 is 0 Å². The molecule has 0 aliphatic carbocycles. The number of carbonyl (C=O) groups is 4. The summed E-state index contributed by atoms with van der Waals surface area (Å²) in [7, 11) is 1.48. The van der Waals surface area contributed by atoms with Gasteiger partial charge in [0, 0.05) is 45.4 Å². The fourth-order valence-electron chi connectivity index (χ4n) is 5.00. The summed E-state index contributed by atoms with van der Waals surface area (Å²) >= 11 is 6.67. The fourth-order valence-corrected chi connectivity index (χ4v) is 5.33. The maximum absolute atomic E-state index is 12.6. The number of hydrogen-bond acceptors (Lipinski definition) is 8. The Bertz CT molecular complexity index is 1430. The summed E-state index contributed by atoms with van der Waals surface area (Å²) in [5.74, 6) is -3.23. The highest BCUT2D eigenvalue weighted by atomic mass is 35.5. The highest BCUT2D eigenvalue weighted by molar-refractivity contribution is 6.33. The van der Waals surface area contributed by atoms with Crippen molar-refractivity contribution in [3.63, 3.8) is 0 Å². The molecule has 13 heteroatoms. The van der Waals surface area contributed by atoms with Gasteiger partial charge in [0.15, 0.2) is 23.0 Å². The molecule has 2 aromatic rings. The van der Waals surface area contributed by atoms with Gasteiger partial charge in [-0.15, -0.1) is 0 Å². The summed E-state index contributed by atoms with van der Waals surface area (Å²) in [5.41, 5.74) is 3.12. The number of aliphatic carboxylic acids is 2. The Hall–Kier alpha value is -4.19. The summed E-state index contributed by atoms with van der Waals surface area (Å²) < 4.78 is 17.2. The van der Waals surface area contributed by atoms with Gasteiger partial charge in [0.05, 0.1) is 37.2 Å². The fraction of sp³-hybridized carbons (Fsp3) is 0.467. The van der Waals surface area contributed by atoms with Crippen molar-refractivity contribution in [2.45, 2.75) is 59.3 Å². The third-order valence-electron chi connectivity index (χ3n) is 7.62. The Morgan fingerprint density at radius 2 is 1.33 bits per heavy atom. The molecule has 2 aliphatic rings. The van der Waals surface area contributed by atoms with E-state index < -0.39 is 23.8 Å². The van der Waals surface area contributed by atoms with Crippen LogP contribution in [0.2, 0.25) is 5.02 Å². The van der Waals surface area contributed by atoms with E-state index in [1.165, 1.54) is 21.0 Å². The summed E-state index contributed by atoms with van der Waals surface area (Å²) in [5, 5.41) is 29.0. The Morgan fingerprint density at radius 1 is 0.814 bits per heavy atom. The predicted octanol–water partition coefficient (Wildman–Crippen LogP) is 3.81. The number of benzene rings is 2. The number of ether oxygens (including phenoxy) is 3. The Balaban J connectivity index is 1.31. The molecule has 0 bridgehead atoms. The zero-order valence-corrected chi connectivity index (χ0v) is 25.0. The third kappa shape index (κ3) is 7.24. The first-order chi connectivity index (χ1) is 20.4. The molecule has 0 aromatic heterocycles. The van der Waals surface area contributed by atoms with Gasteiger partial charge in [0.2, 0.25) is 11.8 Å². The monoisotopic (exact) mass is 618 g/mol. The van der Waals surface area contributed by atoms with Crippen LogP contribution in [-0.2, 0) is 45.4 Å². The number of carbonyl (C=O) groups excluding carboxylic acids is 2. The molecular weight excluding hydrogens is 584 g/mol. The number of hydrogen-bond donors (Lipinski definition) is 3. The Kier molecular flexibility index (Phi) is 9.90. The van der Waals surface area contributed by atoms with Gasteiger partial charge in [-0.05, 0) is 40.5 Å². The average molecular weight is 619 g/mol. The molecule has 0 radical (unpaired) electrons. The molecule has 0 unspecified atom stereocenters. The molecule has 2 amide bonds. The zero-order chi connectivity index (χ0) is 31.4. The van der Waals surface area contributed by atoms with Gasteiger partial charge < -0.3 is 39.3 Å². The summed E-state index contributed by atoms with van der Waals surface area (Å²) in [6.07, 6.45) is 0.228. The van der Waals surface area contributed by atoms with Gasteiger partial charge in [-0.1, -0.05) is 25.4 Å². The van der Waals surface area contributed by atoms with E-state index in [2.05, 4.69) is 0 Å². The van der Waals surface area contributed by atoms with Crippen molar-refractivity contribution in [3.8, 4) is 23.0 Å². The Morgan fingerprint density at radius 3 is 1.91 bits per heavy atom. The smallest absolute Gasteiger partial charge is 0.306 e. The lowest BCUT2D eigenvalue weighted by Gasteiger charge is -2.17. The molecule has 3 N–H and O–H groups in total. The largest absolute Gasteiger partial charge is 0.504 e. The highest BCUT2D eigenvalue weighted by Gasteiger charge is 2.31. The van der Waals surface area contributed by atoms with Crippen molar-refractivity contribution in [2.75, 3.05) is 20.3 Å². The van der Waals surface area contributed by atoms with E-state index in [0.717, 1.165) is 22.3 Å². The number of aromatic hydroxyl groups is 1. The molecule has 12 nitrogen and oxygen atoms in total. The lowest BCUT2D eigenvalue weighted by Crippen LogP contribution is -2.28. The predicted molar refractivity (Wildman–Crippen MR) is 153 cm³/mol. The third-order valence-corrected chi connectivity index (χ3v) is 8.02. The van der Waals surface area contributed by atoms with E-state index in [1.807, 2.05) is 0 Å². The molecule has 4 rings (SSSR count). The minimum atomic E-state index is -1.03. The zero-order valence-electron chi connectivity index (χ0n) is 24.2. The lowest BCUT2D eigenvalue weighted by atomic mass is 10.1. The molecule has 2 aromatic carbocycles. The molecular formula is C30H35ClN2O10. The van der Waals surface area contributed by atoms with Crippen LogP contribution in [0.25, 0.3) is 0 Å². The number of phenols is 1. The maximum Gasteiger partial charge on any atom is 0.306 e. The number of halogens is 1. The van der Waals surface area contributed by atoms with Crippen LogP contribution in [0.1, 0.15) is 55.4 Å². The second-order valence-electron chi connectivity index (χ2n) is 10.9. The second kappa shape index (κ2) is 13.4. The van der Waals surface area contributed by atoms with Gasteiger partial charge in [-0.3, -0.25) is 19.2 Å². The molecule has 2 atom stereocenters. The van der Waals surface area contributed by atoms with Gasteiger partial charge >= 0.3 is 11.9 Å². The van der Waals surface area contributed by atoms with Gasteiger partial charge in [-0.2, -0.15) is 0 Å². The van der Waals surface area contributed by atoms with E-state index in [-0.39, 0.29) is 55.9 Å². The normalized spacial score (nSPS) is 15.0. The van der Waals surface area contributed by atoms with Gasteiger partial charge in [0.25, 0.3) is 0 Å². The molecule has 0 saturated heterocycles. The van der Waals surface area contributed by atoms with E-state index in [1.54, 1.807) is 28.0 Å².